The zero-order valence-electron chi connectivity index (χ0n) is 25.1. The molecule has 0 bridgehead atoms. The molecule has 0 aromatic heterocycles. The van der Waals surface area contributed by atoms with Gasteiger partial charge >= 0.3 is 0 Å². The Balaban J connectivity index is 1.30. The van der Waals surface area contributed by atoms with E-state index in [1.165, 1.54) is 88.8 Å². The number of fused-ring (bicyclic) bond motifs is 4. The van der Waals surface area contributed by atoms with Gasteiger partial charge in [-0.1, -0.05) is 111 Å². The monoisotopic (exact) mass is 571 g/mol. The van der Waals surface area contributed by atoms with Gasteiger partial charge in [-0.05, 0) is 66.3 Å². The molecule has 2 heterocycles. The maximum absolute atomic E-state index is 2.70. The number of allylic oxidation sites excluding steroid dienone is 1. The summed E-state index contributed by atoms with van der Waals surface area (Å²) in [6.45, 7) is 3.58. The maximum atomic E-state index is 2.70. The first-order valence-corrected chi connectivity index (χ1v) is 16.9. The van der Waals surface area contributed by atoms with Crippen LogP contribution in [0.2, 0.25) is 0 Å². The zero-order chi connectivity index (χ0) is 28.5. The van der Waals surface area contributed by atoms with Gasteiger partial charge in [-0.3, -0.25) is 0 Å². The van der Waals surface area contributed by atoms with Crippen molar-refractivity contribution in [3.63, 3.8) is 0 Å². The van der Waals surface area contributed by atoms with E-state index in [9.17, 15) is 0 Å². The first-order chi connectivity index (χ1) is 20.6. The number of hydrogen-bond donors (Lipinski definition) is 0. The Morgan fingerprint density at radius 2 is 1.64 bits per heavy atom. The Morgan fingerprint density at radius 3 is 2.48 bits per heavy atom. The summed E-state index contributed by atoms with van der Waals surface area (Å²) in [7, 11) is 2.24. The van der Waals surface area contributed by atoms with E-state index in [4.69, 9.17) is 0 Å². The Kier molecular flexibility index (Phi) is 7.71. The highest BCUT2D eigenvalue weighted by Crippen LogP contribution is 2.47. The van der Waals surface area contributed by atoms with Crippen molar-refractivity contribution in [2.45, 2.75) is 74.0 Å². The van der Waals surface area contributed by atoms with Crippen molar-refractivity contribution < 1.29 is 4.58 Å². The lowest BCUT2D eigenvalue weighted by Crippen LogP contribution is -2.34. The van der Waals surface area contributed by atoms with Crippen molar-refractivity contribution in [1.29, 1.82) is 0 Å². The van der Waals surface area contributed by atoms with E-state index in [0.29, 0.717) is 5.37 Å². The molecule has 2 atom stereocenters. The minimum absolute atomic E-state index is 0.131. The van der Waals surface area contributed by atoms with E-state index >= 15 is 0 Å². The van der Waals surface area contributed by atoms with Gasteiger partial charge in [0.2, 0.25) is 5.69 Å². The molecule has 0 amide bonds. The van der Waals surface area contributed by atoms with Crippen LogP contribution in [0.15, 0.2) is 108 Å². The molecule has 3 aliphatic rings. The molecule has 1 fully saturated rings. The molecule has 42 heavy (non-hydrogen) atoms. The Bertz CT molecular complexity index is 1630. The van der Waals surface area contributed by atoms with Crippen LogP contribution in [0.25, 0.3) is 10.8 Å². The molecule has 0 spiro atoms. The molecular formula is C39H43N2S+. The van der Waals surface area contributed by atoms with E-state index < -0.39 is 0 Å². The number of para-hydroxylation sites is 1. The molecule has 214 valence electrons. The van der Waals surface area contributed by atoms with Crippen molar-refractivity contribution in [2.75, 3.05) is 18.5 Å². The molecule has 0 saturated heterocycles. The lowest BCUT2D eigenvalue weighted by molar-refractivity contribution is -0.438. The van der Waals surface area contributed by atoms with Gasteiger partial charge in [-0.2, -0.15) is 4.58 Å². The van der Waals surface area contributed by atoms with Crippen molar-refractivity contribution >= 4 is 39.6 Å². The predicted molar refractivity (Wildman–Crippen MR) is 181 cm³/mol. The molecule has 4 aromatic rings. The molecule has 4 aromatic carbocycles. The number of benzene rings is 4. The number of likely N-dealkylation sites (N-methyl/N-ethyl adjacent to an activating group) is 1. The Morgan fingerprint density at radius 1 is 0.881 bits per heavy atom. The fraction of sp³-hybridized carbons (Fsp3) is 0.359. The second kappa shape index (κ2) is 11.8. The minimum atomic E-state index is -0.131. The Hall–Kier alpha value is -3.30. The van der Waals surface area contributed by atoms with Gasteiger partial charge in [-0.15, -0.1) is 0 Å². The molecule has 2 aliphatic heterocycles. The maximum Gasteiger partial charge on any atom is 0.210 e. The summed E-state index contributed by atoms with van der Waals surface area (Å²) in [4.78, 5) is 3.80. The van der Waals surface area contributed by atoms with Crippen LogP contribution in [0.5, 0.6) is 0 Å². The number of hydrogen-bond acceptors (Lipinski definition) is 2. The second-order valence-corrected chi connectivity index (χ2v) is 14.0. The van der Waals surface area contributed by atoms with Gasteiger partial charge in [-0.25, -0.2) is 0 Å². The normalized spacial score (nSPS) is 22.0. The lowest BCUT2D eigenvalue weighted by atomic mass is 9.73. The molecule has 0 N–H and O–H groups in total. The SMILES string of the molecule is CN1c2ccccc2SC1/C=C/C1=[N+](CCCCC2CCCC2)c2ccc3ccccc3c2C1(C)Cc1ccccc1. The topological polar surface area (TPSA) is 6.25 Å². The van der Waals surface area contributed by atoms with Crippen molar-refractivity contribution in [1.82, 2.24) is 0 Å². The molecule has 2 unspecified atom stereocenters. The lowest BCUT2D eigenvalue weighted by Gasteiger charge is -2.25. The molecule has 1 saturated carbocycles. The minimum Gasteiger partial charge on any atom is -0.358 e. The fourth-order valence-corrected chi connectivity index (χ4v) is 9.04. The predicted octanol–water partition coefficient (Wildman–Crippen LogP) is 9.92. The highest BCUT2D eigenvalue weighted by atomic mass is 32.2. The largest absolute Gasteiger partial charge is 0.358 e. The van der Waals surface area contributed by atoms with Crippen molar-refractivity contribution in [3.05, 3.63) is 114 Å². The number of rotatable bonds is 9. The van der Waals surface area contributed by atoms with E-state index in [1.54, 1.807) is 0 Å². The van der Waals surface area contributed by atoms with Crippen LogP contribution in [0.3, 0.4) is 0 Å². The van der Waals surface area contributed by atoms with E-state index in [-0.39, 0.29) is 5.41 Å². The van der Waals surface area contributed by atoms with Crippen LogP contribution in [-0.4, -0.2) is 29.3 Å². The van der Waals surface area contributed by atoms with Crippen LogP contribution in [-0.2, 0) is 11.8 Å². The van der Waals surface area contributed by atoms with Crippen LogP contribution < -0.4 is 4.90 Å². The number of nitrogens with zero attached hydrogens (tertiary/aromatic N) is 2. The number of anilines is 1. The average Bonchev–Trinajstić information content (AvgIpc) is 3.71. The third kappa shape index (κ3) is 5.11. The number of thioether (sulfide) groups is 1. The average molecular weight is 572 g/mol. The molecule has 7 rings (SSSR count). The van der Waals surface area contributed by atoms with Gasteiger partial charge < -0.3 is 4.90 Å². The molecule has 2 nitrogen and oxygen atoms in total. The van der Waals surface area contributed by atoms with E-state index in [2.05, 4.69) is 127 Å². The smallest absolute Gasteiger partial charge is 0.210 e. The first kappa shape index (κ1) is 27.5. The third-order valence-electron chi connectivity index (χ3n) is 10.0. The molecule has 0 radical (unpaired) electrons. The summed E-state index contributed by atoms with van der Waals surface area (Å²) in [6.07, 6.45) is 15.7. The van der Waals surface area contributed by atoms with E-state index in [1.807, 2.05) is 11.8 Å². The summed E-state index contributed by atoms with van der Waals surface area (Å²) in [5.74, 6) is 0.961. The van der Waals surface area contributed by atoms with E-state index in [0.717, 1.165) is 18.9 Å². The standard InChI is InChI=1S/C39H43N2S/c1-39(28-30-17-4-3-5-18-30)36(25-26-37-40(2)33-21-10-11-22-35(33)42-37)41(27-13-12-16-29-14-6-7-15-29)34-24-23-31-19-8-9-20-32(31)38(34)39/h3-5,8-11,17-26,29,37H,6-7,12-16,27-28H2,1-2H3/q+1/b26-25+. The van der Waals surface area contributed by atoms with Gasteiger partial charge in [0.05, 0.1) is 16.5 Å². The zero-order valence-corrected chi connectivity index (χ0v) is 26.0. The summed E-state index contributed by atoms with van der Waals surface area (Å²) in [5, 5.41) is 3.02. The molecule has 1 aliphatic carbocycles. The molecular weight excluding hydrogens is 529 g/mol. The summed E-state index contributed by atoms with van der Waals surface area (Å²) in [5.41, 5.74) is 6.95. The first-order valence-electron chi connectivity index (χ1n) is 16.0. The highest BCUT2D eigenvalue weighted by molar-refractivity contribution is 8.00. The van der Waals surface area contributed by atoms with Crippen LogP contribution in [0.1, 0.15) is 63.0 Å². The molecule has 3 heteroatoms. The van der Waals surface area contributed by atoms with Crippen molar-refractivity contribution in [3.8, 4) is 0 Å². The van der Waals surface area contributed by atoms with Gasteiger partial charge in [0.15, 0.2) is 5.71 Å². The summed E-state index contributed by atoms with van der Waals surface area (Å²) < 4.78 is 2.70. The highest BCUT2D eigenvalue weighted by Gasteiger charge is 2.49. The number of unbranched alkanes of at least 4 members (excludes halogenated alkanes) is 1. The van der Waals surface area contributed by atoms with Crippen LogP contribution in [0, 0.1) is 5.92 Å². The van der Waals surface area contributed by atoms with Gasteiger partial charge in [0, 0.05) is 36.1 Å². The van der Waals surface area contributed by atoms with Crippen molar-refractivity contribution in [2.24, 2.45) is 5.92 Å². The van der Waals surface area contributed by atoms with Crippen LogP contribution in [0.4, 0.5) is 11.4 Å². The summed E-state index contributed by atoms with van der Waals surface area (Å²) >= 11 is 1.96. The second-order valence-electron chi connectivity index (χ2n) is 12.8. The van der Waals surface area contributed by atoms with Crippen LogP contribution >= 0.6 is 11.8 Å². The Labute approximate surface area is 256 Å². The van der Waals surface area contributed by atoms with Gasteiger partial charge in [0.25, 0.3) is 0 Å². The summed E-state index contributed by atoms with van der Waals surface area (Å²) in [6, 6.07) is 33.7. The quantitative estimate of drug-likeness (QED) is 0.146. The fourth-order valence-electron chi connectivity index (χ4n) is 7.86. The third-order valence-corrected chi connectivity index (χ3v) is 11.3. The van der Waals surface area contributed by atoms with Gasteiger partial charge in [0.1, 0.15) is 6.54 Å².